The fraction of sp³-hybridized carbons (Fsp3) is 0.429. The SMILES string of the molecule is CCC(C)CC(=O)NC(/C(N)=N/O)c1ccccc1. The zero-order valence-corrected chi connectivity index (χ0v) is 11.3. The summed E-state index contributed by atoms with van der Waals surface area (Å²) in [5, 5.41) is 14.6. The van der Waals surface area contributed by atoms with E-state index in [9.17, 15) is 4.79 Å². The lowest BCUT2D eigenvalue weighted by atomic mass is 10.0. The molecule has 2 unspecified atom stereocenters. The van der Waals surface area contributed by atoms with E-state index in [2.05, 4.69) is 10.5 Å². The van der Waals surface area contributed by atoms with Crippen molar-refractivity contribution in [2.75, 3.05) is 0 Å². The molecule has 0 radical (unpaired) electrons. The third kappa shape index (κ3) is 4.62. The molecule has 0 spiro atoms. The molecule has 0 heterocycles. The average Bonchev–Trinajstić information content (AvgIpc) is 2.44. The van der Waals surface area contributed by atoms with Crippen molar-refractivity contribution in [1.82, 2.24) is 5.32 Å². The van der Waals surface area contributed by atoms with E-state index in [1.807, 2.05) is 44.2 Å². The zero-order valence-electron chi connectivity index (χ0n) is 11.3. The number of rotatable bonds is 6. The Labute approximate surface area is 113 Å². The number of hydrogen-bond donors (Lipinski definition) is 3. The molecule has 0 aliphatic rings. The maximum absolute atomic E-state index is 11.9. The van der Waals surface area contributed by atoms with Gasteiger partial charge < -0.3 is 16.3 Å². The lowest BCUT2D eigenvalue weighted by molar-refractivity contribution is -0.122. The highest BCUT2D eigenvalue weighted by Gasteiger charge is 2.19. The maximum atomic E-state index is 11.9. The quantitative estimate of drug-likeness (QED) is 0.317. The molecule has 0 aromatic heterocycles. The summed E-state index contributed by atoms with van der Waals surface area (Å²) in [6.45, 7) is 4.05. The molecular formula is C14H21N3O2. The Morgan fingerprint density at radius 3 is 2.58 bits per heavy atom. The third-order valence-corrected chi connectivity index (χ3v) is 3.08. The van der Waals surface area contributed by atoms with Crippen LogP contribution >= 0.6 is 0 Å². The first-order valence-electron chi connectivity index (χ1n) is 6.40. The van der Waals surface area contributed by atoms with Gasteiger partial charge in [0.15, 0.2) is 5.84 Å². The van der Waals surface area contributed by atoms with Crippen molar-refractivity contribution in [3.63, 3.8) is 0 Å². The largest absolute Gasteiger partial charge is 0.409 e. The number of nitrogens with one attached hydrogen (secondary N) is 1. The molecule has 2 atom stereocenters. The minimum atomic E-state index is -0.595. The van der Waals surface area contributed by atoms with Gasteiger partial charge in [0.05, 0.1) is 0 Å². The van der Waals surface area contributed by atoms with Crippen LogP contribution in [0.15, 0.2) is 35.5 Å². The Morgan fingerprint density at radius 1 is 1.42 bits per heavy atom. The first-order chi connectivity index (χ1) is 9.08. The van der Waals surface area contributed by atoms with E-state index >= 15 is 0 Å². The first-order valence-corrected chi connectivity index (χ1v) is 6.40. The normalized spacial score (nSPS) is 14.7. The van der Waals surface area contributed by atoms with E-state index in [0.717, 1.165) is 12.0 Å². The summed E-state index contributed by atoms with van der Waals surface area (Å²) in [6.07, 6.45) is 1.37. The topological polar surface area (TPSA) is 87.7 Å². The number of amides is 1. The Balaban J connectivity index is 2.80. The number of carbonyl (C=O) groups excluding carboxylic acids is 1. The molecule has 5 heteroatoms. The van der Waals surface area contributed by atoms with Crippen LogP contribution in [0, 0.1) is 5.92 Å². The van der Waals surface area contributed by atoms with Gasteiger partial charge in [-0.25, -0.2) is 0 Å². The Kier molecular flexibility index (Phi) is 5.85. The zero-order chi connectivity index (χ0) is 14.3. The molecule has 19 heavy (non-hydrogen) atoms. The summed E-state index contributed by atoms with van der Waals surface area (Å²) in [5.41, 5.74) is 6.43. The minimum absolute atomic E-state index is 0.0244. The number of nitrogens with two attached hydrogens (primary N) is 1. The number of nitrogens with zero attached hydrogens (tertiary/aromatic N) is 1. The minimum Gasteiger partial charge on any atom is -0.409 e. The molecule has 104 valence electrons. The highest BCUT2D eigenvalue weighted by atomic mass is 16.4. The van der Waals surface area contributed by atoms with Crippen molar-refractivity contribution in [2.45, 2.75) is 32.7 Å². The van der Waals surface area contributed by atoms with Crippen molar-refractivity contribution in [2.24, 2.45) is 16.8 Å². The van der Waals surface area contributed by atoms with Crippen molar-refractivity contribution < 1.29 is 10.0 Å². The third-order valence-electron chi connectivity index (χ3n) is 3.08. The van der Waals surface area contributed by atoms with Gasteiger partial charge in [-0.05, 0) is 11.5 Å². The summed E-state index contributed by atoms with van der Waals surface area (Å²) in [4.78, 5) is 11.9. The standard InChI is InChI=1S/C14H21N3O2/c1-3-10(2)9-12(18)16-13(14(15)17-19)11-7-5-4-6-8-11/h4-8,10,13,19H,3,9H2,1-2H3,(H2,15,17)(H,16,18). The number of benzene rings is 1. The number of hydrogen-bond acceptors (Lipinski definition) is 3. The second kappa shape index (κ2) is 7.41. The fourth-order valence-electron chi connectivity index (χ4n) is 1.71. The maximum Gasteiger partial charge on any atom is 0.221 e. The highest BCUT2D eigenvalue weighted by molar-refractivity contribution is 5.90. The van der Waals surface area contributed by atoms with E-state index in [-0.39, 0.29) is 11.7 Å². The van der Waals surface area contributed by atoms with Crippen LogP contribution in [-0.2, 0) is 4.79 Å². The second-order valence-corrected chi connectivity index (χ2v) is 4.65. The summed E-state index contributed by atoms with van der Waals surface area (Å²) in [6, 6.07) is 8.61. The van der Waals surface area contributed by atoms with Crippen LogP contribution in [-0.4, -0.2) is 17.0 Å². The molecule has 0 saturated carbocycles. The molecule has 4 N–H and O–H groups in total. The Hall–Kier alpha value is -2.04. The molecule has 0 aliphatic carbocycles. The number of oxime groups is 1. The fourth-order valence-corrected chi connectivity index (χ4v) is 1.71. The molecule has 1 amide bonds. The Morgan fingerprint density at radius 2 is 2.05 bits per heavy atom. The predicted octanol–water partition coefficient (Wildman–Crippen LogP) is 2.03. The number of carbonyl (C=O) groups is 1. The van der Waals surface area contributed by atoms with Crippen molar-refractivity contribution in [3.05, 3.63) is 35.9 Å². The summed E-state index contributed by atoms with van der Waals surface area (Å²) < 4.78 is 0. The van der Waals surface area contributed by atoms with Crippen LogP contribution in [0.5, 0.6) is 0 Å². The summed E-state index contributed by atoms with van der Waals surface area (Å²) in [5.74, 6) is 0.183. The molecule has 0 aliphatic heterocycles. The molecule has 1 aromatic rings. The average molecular weight is 263 g/mol. The molecule has 0 saturated heterocycles. The van der Waals surface area contributed by atoms with Crippen LogP contribution < -0.4 is 11.1 Å². The van der Waals surface area contributed by atoms with Gasteiger partial charge in [-0.3, -0.25) is 4.79 Å². The van der Waals surface area contributed by atoms with Gasteiger partial charge in [0, 0.05) is 6.42 Å². The lowest BCUT2D eigenvalue weighted by Crippen LogP contribution is -2.38. The van der Waals surface area contributed by atoms with Gasteiger partial charge in [-0.1, -0.05) is 55.8 Å². The van der Waals surface area contributed by atoms with Crippen LogP contribution in [0.1, 0.15) is 38.3 Å². The van der Waals surface area contributed by atoms with Crippen LogP contribution in [0.2, 0.25) is 0 Å². The molecule has 0 fully saturated rings. The molecule has 0 bridgehead atoms. The Bertz CT molecular complexity index is 432. The summed E-state index contributed by atoms with van der Waals surface area (Å²) in [7, 11) is 0. The van der Waals surface area contributed by atoms with Crippen LogP contribution in [0.3, 0.4) is 0 Å². The van der Waals surface area contributed by atoms with E-state index in [4.69, 9.17) is 10.9 Å². The molecule has 1 aromatic carbocycles. The van der Waals surface area contributed by atoms with Gasteiger partial charge in [-0.15, -0.1) is 0 Å². The van der Waals surface area contributed by atoms with Crippen molar-refractivity contribution in [3.8, 4) is 0 Å². The molecular weight excluding hydrogens is 242 g/mol. The van der Waals surface area contributed by atoms with Crippen molar-refractivity contribution in [1.29, 1.82) is 0 Å². The predicted molar refractivity (Wildman–Crippen MR) is 74.8 cm³/mol. The van der Waals surface area contributed by atoms with Gasteiger partial charge in [-0.2, -0.15) is 0 Å². The highest BCUT2D eigenvalue weighted by Crippen LogP contribution is 2.14. The first kappa shape index (κ1) is 15.0. The summed E-state index contributed by atoms with van der Waals surface area (Å²) >= 11 is 0. The number of amidine groups is 1. The van der Waals surface area contributed by atoms with Crippen LogP contribution in [0.4, 0.5) is 0 Å². The van der Waals surface area contributed by atoms with Gasteiger partial charge in [0.25, 0.3) is 0 Å². The lowest BCUT2D eigenvalue weighted by Gasteiger charge is -2.19. The van der Waals surface area contributed by atoms with E-state index in [1.54, 1.807) is 0 Å². The monoisotopic (exact) mass is 263 g/mol. The van der Waals surface area contributed by atoms with E-state index < -0.39 is 6.04 Å². The van der Waals surface area contributed by atoms with Gasteiger partial charge in [0.1, 0.15) is 6.04 Å². The van der Waals surface area contributed by atoms with Crippen LogP contribution in [0.25, 0.3) is 0 Å². The molecule has 1 rings (SSSR count). The van der Waals surface area contributed by atoms with Gasteiger partial charge in [0.2, 0.25) is 5.91 Å². The molecule has 5 nitrogen and oxygen atoms in total. The van der Waals surface area contributed by atoms with E-state index in [1.165, 1.54) is 0 Å². The smallest absolute Gasteiger partial charge is 0.221 e. The van der Waals surface area contributed by atoms with Gasteiger partial charge >= 0.3 is 0 Å². The van der Waals surface area contributed by atoms with Crippen molar-refractivity contribution >= 4 is 11.7 Å². The second-order valence-electron chi connectivity index (χ2n) is 4.65. The van der Waals surface area contributed by atoms with E-state index in [0.29, 0.717) is 12.3 Å².